The minimum absolute atomic E-state index is 0.0285. The Kier molecular flexibility index (Phi) is 8.21. The van der Waals surface area contributed by atoms with Crippen LogP contribution in [0.25, 0.3) is 0 Å². The number of rotatable bonds is 7. The van der Waals surface area contributed by atoms with Crippen molar-refractivity contribution in [3.63, 3.8) is 0 Å². The summed E-state index contributed by atoms with van der Waals surface area (Å²) in [5.74, 6) is -1.29. The van der Waals surface area contributed by atoms with Gasteiger partial charge in [0.1, 0.15) is 5.60 Å². The highest BCUT2D eigenvalue weighted by Gasteiger charge is 2.36. The second-order valence-corrected chi connectivity index (χ2v) is 9.03. The summed E-state index contributed by atoms with van der Waals surface area (Å²) in [7, 11) is 1.31. The molecule has 6 nitrogen and oxygen atoms in total. The Balaban J connectivity index is 2.95. The van der Waals surface area contributed by atoms with Gasteiger partial charge >= 0.3 is 12.1 Å². The monoisotopic (exact) mass is 391 g/mol. The van der Waals surface area contributed by atoms with Gasteiger partial charge in [-0.15, -0.1) is 0 Å². The van der Waals surface area contributed by atoms with E-state index in [1.54, 1.807) is 20.8 Å². The minimum Gasteiger partial charge on any atom is -0.469 e. The van der Waals surface area contributed by atoms with Crippen LogP contribution in [0.5, 0.6) is 0 Å². The molecule has 2 atom stereocenters. The van der Waals surface area contributed by atoms with Gasteiger partial charge in [0.2, 0.25) is 0 Å². The van der Waals surface area contributed by atoms with Crippen LogP contribution in [-0.2, 0) is 25.5 Å². The number of esters is 1. The number of methoxy groups -OCH3 is 1. The zero-order chi connectivity index (χ0) is 21.5. The van der Waals surface area contributed by atoms with E-state index in [2.05, 4.69) is 5.32 Å². The molecule has 1 rings (SSSR count). The van der Waals surface area contributed by atoms with E-state index >= 15 is 0 Å². The highest BCUT2D eigenvalue weighted by molar-refractivity contribution is 5.91. The van der Waals surface area contributed by atoms with Crippen molar-refractivity contribution in [2.75, 3.05) is 7.11 Å². The molecule has 0 radical (unpaired) electrons. The Morgan fingerprint density at radius 3 is 2.04 bits per heavy atom. The third kappa shape index (κ3) is 8.11. The molecule has 0 saturated carbocycles. The number of benzene rings is 1. The molecule has 0 aliphatic rings. The van der Waals surface area contributed by atoms with Gasteiger partial charge in [-0.25, -0.2) is 4.79 Å². The molecule has 0 aliphatic carbocycles. The van der Waals surface area contributed by atoms with Crippen LogP contribution in [0, 0.1) is 11.3 Å². The summed E-state index contributed by atoms with van der Waals surface area (Å²) < 4.78 is 10.2. The Hall–Kier alpha value is -2.37. The number of carbonyl (C=O) groups is 3. The molecular weight excluding hydrogens is 358 g/mol. The predicted octanol–water partition coefficient (Wildman–Crippen LogP) is 3.92. The highest BCUT2D eigenvalue weighted by atomic mass is 16.6. The van der Waals surface area contributed by atoms with Crippen LogP contribution in [0.1, 0.15) is 53.5 Å². The fourth-order valence-corrected chi connectivity index (χ4v) is 2.87. The number of hydrogen-bond donors (Lipinski definition) is 1. The maximum atomic E-state index is 13.0. The first-order valence-corrected chi connectivity index (χ1v) is 9.47. The first-order chi connectivity index (χ1) is 12.8. The van der Waals surface area contributed by atoms with Crippen LogP contribution in [0.3, 0.4) is 0 Å². The van der Waals surface area contributed by atoms with E-state index in [9.17, 15) is 14.4 Å². The lowest BCUT2D eigenvalue weighted by atomic mass is 9.81. The molecular formula is C22H33NO5. The van der Waals surface area contributed by atoms with Crippen LogP contribution in [0.15, 0.2) is 30.3 Å². The van der Waals surface area contributed by atoms with Gasteiger partial charge in [-0.05, 0) is 38.2 Å². The molecule has 1 N–H and O–H groups in total. The molecule has 1 aromatic rings. The first-order valence-electron chi connectivity index (χ1n) is 9.47. The van der Waals surface area contributed by atoms with Crippen molar-refractivity contribution in [2.45, 2.75) is 66.0 Å². The molecule has 0 unspecified atom stereocenters. The van der Waals surface area contributed by atoms with E-state index in [0.29, 0.717) is 6.42 Å². The number of alkyl carbamates (subject to hydrolysis) is 1. The largest absolute Gasteiger partial charge is 0.469 e. The van der Waals surface area contributed by atoms with E-state index in [0.717, 1.165) is 5.56 Å². The Bertz CT molecular complexity index is 670. The lowest BCUT2D eigenvalue weighted by molar-refractivity contribution is -0.147. The molecule has 0 aliphatic heterocycles. The first kappa shape index (κ1) is 23.7. The van der Waals surface area contributed by atoms with Gasteiger partial charge in [-0.1, -0.05) is 51.1 Å². The third-order valence-corrected chi connectivity index (χ3v) is 4.16. The molecule has 28 heavy (non-hydrogen) atoms. The normalized spacial score (nSPS) is 14.0. The van der Waals surface area contributed by atoms with E-state index in [4.69, 9.17) is 9.47 Å². The van der Waals surface area contributed by atoms with E-state index in [1.807, 2.05) is 51.1 Å². The van der Waals surface area contributed by atoms with Gasteiger partial charge in [-0.3, -0.25) is 9.59 Å². The number of hydrogen-bond acceptors (Lipinski definition) is 5. The van der Waals surface area contributed by atoms with Gasteiger partial charge in [0.15, 0.2) is 5.78 Å². The van der Waals surface area contributed by atoms with Crippen LogP contribution in [0.4, 0.5) is 4.79 Å². The van der Waals surface area contributed by atoms with Crippen molar-refractivity contribution in [3.8, 4) is 0 Å². The van der Waals surface area contributed by atoms with Crippen molar-refractivity contribution in [1.29, 1.82) is 0 Å². The highest BCUT2D eigenvalue weighted by Crippen LogP contribution is 2.24. The van der Waals surface area contributed by atoms with Crippen LogP contribution >= 0.6 is 0 Å². The van der Waals surface area contributed by atoms with Crippen LogP contribution in [-0.4, -0.2) is 36.6 Å². The number of nitrogens with one attached hydrogen (secondary N) is 1. The second-order valence-electron chi connectivity index (χ2n) is 9.03. The van der Waals surface area contributed by atoms with Crippen LogP contribution < -0.4 is 5.32 Å². The number of Topliss-reactive ketones (excluding diaryl/α,β-unsaturated/α-hetero) is 1. The van der Waals surface area contributed by atoms with E-state index in [-0.39, 0.29) is 12.2 Å². The van der Waals surface area contributed by atoms with Gasteiger partial charge in [0.05, 0.1) is 19.1 Å². The quantitative estimate of drug-likeness (QED) is 0.713. The summed E-state index contributed by atoms with van der Waals surface area (Å²) in [6.45, 7) is 10.8. The fraction of sp³-hybridized carbons (Fsp3) is 0.591. The van der Waals surface area contributed by atoms with Gasteiger partial charge in [0.25, 0.3) is 0 Å². The SMILES string of the molecule is COC(=O)[C@@H](CC(=O)[C@@H](NC(=O)OC(C)(C)C)C(C)(C)C)Cc1ccccc1. The fourth-order valence-electron chi connectivity index (χ4n) is 2.87. The van der Waals surface area contributed by atoms with Crippen molar-refractivity contribution in [3.05, 3.63) is 35.9 Å². The maximum absolute atomic E-state index is 13.0. The van der Waals surface area contributed by atoms with Crippen molar-refractivity contribution in [1.82, 2.24) is 5.32 Å². The molecule has 0 heterocycles. The topological polar surface area (TPSA) is 81.7 Å². The third-order valence-electron chi connectivity index (χ3n) is 4.16. The minimum atomic E-state index is -0.787. The summed E-state index contributed by atoms with van der Waals surface area (Å²) in [6, 6.07) is 8.68. The van der Waals surface area contributed by atoms with Crippen molar-refractivity contribution >= 4 is 17.8 Å². The molecule has 1 amide bonds. The van der Waals surface area contributed by atoms with Gasteiger partial charge in [0, 0.05) is 6.42 Å². The molecule has 1 aromatic carbocycles. The summed E-state index contributed by atoms with van der Waals surface area (Å²) in [4.78, 5) is 37.5. The average Bonchev–Trinajstić information content (AvgIpc) is 2.56. The molecule has 0 fully saturated rings. The lowest BCUT2D eigenvalue weighted by Gasteiger charge is -2.32. The zero-order valence-electron chi connectivity index (χ0n) is 18.0. The molecule has 0 saturated heterocycles. The van der Waals surface area contributed by atoms with E-state index < -0.39 is 35.0 Å². The van der Waals surface area contributed by atoms with Gasteiger partial charge in [-0.2, -0.15) is 0 Å². The molecule has 6 heteroatoms. The summed E-state index contributed by atoms with van der Waals surface area (Å²) >= 11 is 0. The summed E-state index contributed by atoms with van der Waals surface area (Å²) in [5.41, 5.74) is -0.267. The van der Waals surface area contributed by atoms with E-state index in [1.165, 1.54) is 7.11 Å². The van der Waals surface area contributed by atoms with Crippen molar-refractivity contribution in [2.24, 2.45) is 11.3 Å². The van der Waals surface area contributed by atoms with Gasteiger partial charge < -0.3 is 14.8 Å². The summed E-state index contributed by atoms with van der Waals surface area (Å²) in [5, 5.41) is 2.68. The maximum Gasteiger partial charge on any atom is 0.408 e. The lowest BCUT2D eigenvalue weighted by Crippen LogP contribution is -2.51. The number of carbonyl (C=O) groups excluding carboxylic acids is 3. The second kappa shape index (κ2) is 9.71. The molecule has 156 valence electrons. The number of ether oxygens (including phenoxy) is 2. The van der Waals surface area contributed by atoms with Crippen molar-refractivity contribution < 1.29 is 23.9 Å². The average molecular weight is 392 g/mol. The summed E-state index contributed by atoms with van der Waals surface area (Å²) in [6.07, 6.45) is -0.291. The Labute approximate surface area is 168 Å². The number of ketones is 1. The smallest absolute Gasteiger partial charge is 0.408 e. The molecule has 0 aromatic heterocycles. The molecule has 0 bridgehead atoms. The standard InChI is InChI=1S/C22H33NO5/c1-21(2,3)18(23-20(26)28-22(4,5)6)17(24)14-16(19(25)27-7)13-15-11-9-8-10-12-15/h8-12,16,18H,13-14H2,1-7H3,(H,23,26)/t16-,18-/m1/s1. The zero-order valence-corrected chi connectivity index (χ0v) is 18.0. The number of amides is 1. The Morgan fingerprint density at radius 1 is 1.00 bits per heavy atom. The predicted molar refractivity (Wildman–Crippen MR) is 108 cm³/mol. The Morgan fingerprint density at radius 2 is 1.57 bits per heavy atom. The van der Waals surface area contributed by atoms with Crippen LogP contribution in [0.2, 0.25) is 0 Å². The molecule has 0 spiro atoms.